The number of imidazole rings is 1. The number of benzene rings is 2. The molecule has 0 bridgehead atoms. The van der Waals surface area contributed by atoms with Gasteiger partial charge in [0.05, 0.1) is 16.8 Å². The largest absolute Gasteiger partial charge is 0.484 e. The van der Waals surface area contributed by atoms with Crippen LogP contribution in [-0.4, -0.2) is 26.8 Å². The van der Waals surface area contributed by atoms with E-state index in [1.165, 1.54) is 23.9 Å². The number of H-pyrrole nitrogens is 1. The molecule has 0 saturated heterocycles. The summed E-state index contributed by atoms with van der Waals surface area (Å²) >= 11 is 1.35. The minimum absolute atomic E-state index is 0.0719. The first-order valence-corrected chi connectivity index (χ1v) is 9.21. The van der Waals surface area contributed by atoms with Crippen molar-refractivity contribution in [1.82, 2.24) is 20.2 Å². The smallest absolute Gasteiger partial charge is 0.387 e. The van der Waals surface area contributed by atoms with Crippen LogP contribution in [0.15, 0.2) is 58.1 Å². The van der Waals surface area contributed by atoms with E-state index in [4.69, 9.17) is 9.15 Å². The number of aromatic nitrogens is 4. The fraction of sp³-hybridized carbons (Fsp3) is 0.167. The van der Waals surface area contributed by atoms with Gasteiger partial charge in [0.15, 0.2) is 11.8 Å². The van der Waals surface area contributed by atoms with Crippen LogP contribution in [0.4, 0.5) is 8.78 Å². The highest BCUT2D eigenvalue weighted by atomic mass is 32.2. The Balaban J connectivity index is 1.34. The van der Waals surface area contributed by atoms with Crippen LogP contribution in [0.1, 0.15) is 11.8 Å². The van der Waals surface area contributed by atoms with Crippen LogP contribution >= 0.6 is 11.8 Å². The van der Waals surface area contributed by atoms with Gasteiger partial charge in [-0.25, -0.2) is 4.98 Å². The average Bonchev–Trinajstić information content (AvgIpc) is 3.31. The van der Waals surface area contributed by atoms with Gasteiger partial charge in [-0.2, -0.15) is 8.78 Å². The summed E-state index contributed by atoms with van der Waals surface area (Å²) in [4.78, 5) is 7.43. The average molecular weight is 404 g/mol. The van der Waals surface area contributed by atoms with E-state index in [9.17, 15) is 8.78 Å². The molecule has 0 aliphatic heterocycles. The minimum atomic E-state index is -2.87. The molecule has 1 N–H and O–H groups in total. The number of thioether (sulfide) groups is 1. The van der Waals surface area contributed by atoms with Gasteiger partial charge in [-0.05, 0) is 24.3 Å². The summed E-state index contributed by atoms with van der Waals surface area (Å²) in [5, 5.41) is 8.54. The molecule has 0 aliphatic rings. The molecule has 4 rings (SSSR count). The number of nitrogens with one attached hydrogen (secondary N) is 1. The maximum atomic E-state index is 12.3. The molecular formula is C18H14F2N4O3S. The second-order valence-corrected chi connectivity index (χ2v) is 6.54. The van der Waals surface area contributed by atoms with Gasteiger partial charge in [0.1, 0.15) is 11.5 Å². The zero-order valence-electron chi connectivity index (χ0n) is 14.3. The number of halogens is 2. The lowest BCUT2D eigenvalue weighted by Crippen LogP contribution is -2.01. The molecule has 0 fully saturated rings. The fourth-order valence-corrected chi connectivity index (χ4v) is 3.13. The number of fused-ring (bicyclic) bond motifs is 1. The Kier molecular flexibility index (Phi) is 5.38. The molecule has 4 aromatic rings. The molecule has 0 saturated carbocycles. The number of hydrogen-bond donors (Lipinski definition) is 1. The predicted octanol–water partition coefficient (Wildman–Crippen LogP) is 4.42. The van der Waals surface area contributed by atoms with Gasteiger partial charge in [0.2, 0.25) is 5.89 Å². The molecule has 0 amide bonds. The zero-order chi connectivity index (χ0) is 19.3. The number of ether oxygens (including phenoxy) is 2. The summed E-state index contributed by atoms with van der Waals surface area (Å²) < 4.78 is 40.1. The Morgan fingerprint density at radius 2 is 1.86 bits per heavy atom. The van der Waals surface area contributed by atoms with Crippen molar-refractivity contribution in [2.75, 3.05) is 0 Å². The highest BCUT2D eigenvalue weighted by Crippen LogP contribution is 2.26. The van der Waals surface area contributed by atoms with E-state index in [-0.39, 0.29) is 12.4 Å². The third-order valence-corrected chi connectivity index (χ3v) is 4.46. The van der Waals surface area contributed by atoms with Crippen molar-refractivity contribution in [1.29, 1.82) is 0 Å². The maximum Gasteiger partial charge on any atom is 0.387 e. The lowest BCUT2D eigenvalue weighted by Gasteiger charge is -2.02. The summed E-state index contributed by atoms with van der Waals surface area (Å²) in [5.41, 5.74) is 1.25. The molecule has 2 aromatic carbocycles. The molecule has 0 radical (unpaired) electrons. The third kappa shape index (κ3) is 4.58. The van der Waals surface area contributed by atoms with Gasteiger partial charge in [-0.15, -0.1) is 10.2 Å². The SMILES string of the molecule is FC(F)Oc1ccc2nc(SCc3nnc(COc4ccccc4)o3)[nH]c2c1. The maximum absolute atomic E-state index is 12.3. The monoisotopic (exact) mass is 404 g/mol. The fourth-order valence-electron chi connectivity index (χ4n) is 2.41. The number of hydrogen-bond acceptors (Lipinski definition) is 7. The molecular weight excluding hydrogens is 390 g/mol. The zero-order valence-corrected chi connectivity index (χ0v) is 15.2. The standard InChI is InChI=1S/C18H14F2N4O3S/c19-17(20)26-12-6-7-13-14(8-12)22-18(21-13)28-10-16-24-23-15(27-16)9-25-11-4-2-1-3-5-11/h1-8,17H,9-10H2,(H,21,22). The van der Waals surface area contributed by atoms with Crippen LogP contribution in [-0.2, 0) is 12.4 Å². The normalized spacial score (nSPS) is 11.2. The van der Waals surface area contributed by atoms with Gasteiger partial charge >= 0.3 is 6.61 Å². The van der Waals surface area contributed by atoms with Gasteiger partial charge in [-0.1, -0.05) is 30.0 Å². The molecule has 2 aromatic heterocycles. The number of rotatable bonds is 8. The van der Waals surface area contributed by atoms with Crippen LogP contribution in [0.25, 0.3) is 11.0 Å². The number of para-hydroxylation sites is 1. The Hall–Kier alpha value is -3.14. The number of alkyl halides is 2. The predicted molar refractivity (Wildman–Crippen MR) is 97.4 cm³/mol. The van der Waals surface area contributed by atoms with Gasteiger partial charge in [0.25, 0.3) is 5.89 Å². The lowest BCUT2D eigenvalue weighted by molar-refractivity contribution is -0.0497. The summed E-state index contributed by atoms with van der Waals surface area (Å²) in [5.74, 6) is 1.99. The second-order valence-electron chi connectivity index (χ2n) is 5.58. The first-order chi connectivity index (χ1) is 13.7. The molecule has 2 heterocycles. The first-order valence-electron chi connectivity index (χ1n) is 8.22. The molecule has 28 heavy (non-hydrogen) atoms. The van der Waals surface area contributed by atoms with Gasteiger partial charge in [0, 0.05) is 6.07 Å². The van der Waals surface area contributed by atoms with E-state index in [2.05, 4.69) is 24.9 Å². The quantitative estimate of drug-likeness (QED) is 0.435. The minimum Gasteiger partial charge on any atom is -0.484 e. The molecule has 0 aliphatic carbocycles. The Bertz CT molecular complexity index is 1060. The molecule has 10 heteroatoms. The van der Waals surface area contributed by atoms with Crippen LogP contribution in [0.2, 0.25) is 0 Å². The van der Waals surface area contributed by atoms with E-state index in [0.29, 0.717) is 39.5 Å². The first kappa shape index (κ1) is 18.2. The number of aromatic amines is 1. The van der Waals surface area contributed by atoms with Crippen molar-refractivity contribution in [3.63, 3.8) is 0 Å². The molecule has 0 spiro atoms. The molecule has 0 unspecified atom stereocenters. The lowest BCUT2D eigenvalue weighted by atomic mass is 10.3. The highest BCUT2D eigenvalue weighted by Gasteiger charge is 2.11. The summed E-state index contributed by atoms with van der Waals surface area (Å²) in [7, 11) is 0. The highest BCUT2D eigenvalue weighted by molar-refractivity contribution is 7.98. The molecule has 7 nitrogen and oxygen atoms in total. The van der Waals surface area contributed by atoms with Crippen molar-refractivity contribution in [2.45, 2.75) is 24.1 Å². The summed E-state index contributed by atoms with van der Waals surface area (Å²) in [6.45, 7) is -2.69. The van der Waals surface area contributed by atoms with E-state index >= 15 is 0 Å². The molecule has 144 valence electrons. The third-order valence-electron chi connectivity index (χ3n) is 3.60. The van der Waals surface area contributed by atoms with E-state index in [0.717, 1.165) is 0 Å². The van der Waals surface area contributed by atoms with Crippen molar-refractivity contribution >= 4 is 22.8 Å². The topological polar surface area (TPSA) is 86.1 Å². The number of nitrogens with zero attached hydrogens (tertiary/aromatic N) is 3. The van der Waals surface area contributed by atoms with Crippen LogP contribution < -0.4 is 9.47 Å². The Labute approximate surface area is 162 Å². The summed E-state index contributed by atoms with van der Waals surface area (Å²) in [6, 6.07) is 13.9. The summed E-state index contributed by atoms with van der Waals surface area (Å²) in [6.07, 6.45) is 0. The Morgan fingerprint density at radius 1 is 1.04 bits per heavy atom. The van der Waals surface area contributed by atoms with Crippen LogP contribution in [0.5, 0.6) is 11.5 Å². The van der Waals surface area contributed by atoms with Crippen LogP contribution in [0, 0.1) is 0 Å². The Morgan fingerprint density at radius 3 is 2.68 bits per heavy atom. The molecule has 0 atom stereocenters. The van der Waals surface area contributed by atoms with E-state index in [1.54, 1.807) is 6.07 Å². The van der Waals surface area contributed by atoms with Crippen molar-refractivity contribution in [3.8, 4) is 11.5 Å². The van der Waals surface area contributed by atoms with Crippen molar-refractivity contribution in [2.24, 2.45) is 0 Å². The van der Waals surface area contributed by atoms with E-state index in [1.807, 2.05) is 30.3 Å². The van der Waals surface area contributed by atoms with Crippen LogP contribution in [0.3, 0.4) is 0 Å². The van der Waals surface area contributed by atoms with Gasteiger partial charge < -0.3 is 18.9 Å². The van der Waals surface area contributed by atoms with E-state index < -0.39 is 6.61 Å². The van der Waals surface area contributed by atoms with Gasteiger partial charge in [-0.3, -0.25) is 0 Å². The second kappa shape index (κ2) is 8.26. The van der Waals surface area contributed by atoms with Crippen molar-refractivity contribution in [3.05, 3.63) is 60.3 Å². The van der Waals surface area contributed by atoms with Crippen molar-refractivity contribution < 1.29 is 22.7 Å².